The van der Waals surface area contributed by atoms with E-state index in [4.69, 9.17) is 14.2 Å². The van der Waals surface area contributed by atoms with E-state index in [1.54, 1.807) is 7.11 Å². The van der Waals surface area contributed by atoms with E-state index in [9.17, 15) is 0 Å². The van der Waals surface area contributed by atoms with Gasteiger partial charge in [-0.2, -0.15) is 0 Å². The molecular weight excluding hydrogens is 342 g/mol. The Kier molecular flexibility index (Phi) is 6.41. The average molecular weight is 369 g/mol. The van der Waals surface area contributed by atoms with Crippen molar-refractivity contribution in [2.75, 3.05) is 32.2 Å². The number of benzene rings is 2. The molecule has 0 bridgehead atoms. The van der Waals surface area contributed by atoms with Crippen LogP contribution in [-0.4, -0.2) is 32.8 Å². The molecule has 2 aromatic carbocycles. The summed E-state index contributed by atoms with van der Waals surface area (Å²) in [6.45, 7) is 6.75. The van der Waals surface area contributed by atoms with Gasteiger partial charge in [-0.15, -0.1) is 0 Å². The maximum atomic E-state index is 5.76. The molecule has 0 radical (unpaired) electrons. The van der Waals surface area contributed by atoms with Crippen LogP contribution in [0.1, 0.15) is 24.5 Å². The van der Waals surface area contributed by atoms with E-state index >= 15 is 0 Å². The maximum Gasteiger partial charge on any atom is 0.196 e. The van der Waals surface area contributed by atoms with Crippen molar-refractivity contribution >= 4 is 11.6 Å². The number of nitrogens with zero attached hydrogens (tertiary/aromatic N) is 1. The molecule has 0 fully saturated rings. The zero-order valence-electron chi connectivity index (χ0n) is 16.2. The normalized spacial score (nSPS) is 13.7. The van der Waals surface area contributed by atoms with E-state index in [-0.39, 0.29) is 0 Å². The van der Waals surface area contributed by atoms with Gasteiger partial charge in [0.2, 0.25) is 0 Å². The molecule has 1 aliphatic rings. The first-order chi connectivity index (χ1) is 13.2. The Labute approximate surface area is 160 Å². The van der Waals surface area contributed by atoms with Crippen molar-refractivity contribution in [2.24, 2.45) is 4.99 Å². The molecule has 0 aliphatic carbocycles. The zero-order chi connectivity index (χ0) is 19.1. The molecule has 2 aromatic rings. The molecule has 6 nitrogen and oxygen atoms in total. The average Bonchev–Trinajstić information content (AvgIpc) is 2.92. The molecule has 27 heavy (non-hydrogen) atoms. The highest BCUT2D eigenvalue weighted by Gasteiger charge is 2.11. The number of nitrogens with one attached hydrogen (secondary N) is 2. The summed E-state index contributed by atoms with van der Waals surface area (Å²) in [5.41, 5.74) is 3.11. The summed E-state index contributed by atoms with van der Waals surface area (Å²) >= 11 is 0. The summed E-state index contributed by atoms with van der Waals surface area (Å²) in [7, 11) is 1.69. The molecule has 0 spiro atoms. The number of hydrogen-bond acceptors (Lipinski definition) is 4. The van der Waals surface area contributed by atoms with Gasteiger partial charge in [0, 0.05) is 24.7 Å². The van der Waals surface area contributed by atoms with Gasteiger partial charge in [0.05, 0.1) is 26.9 Å². The molecule has 0 saturated carbocycles. The van der Waals surface area contributed by atoms with Crippen LogP contribution in [-0.2, 0) is 6.54 Å². The van der Waals surface area contributed by atoms with Crippen LogP contribution in [0.5, 0.6) is 17.2 Å². The van der Waals surface area contributed by atoms with E-state index in [1.165, 1.54) is 0 Å². The first-order valence-electron chi connectivity index (χ1n) is 9.28. The van der Waals surface area contributed by atoms with Crippen molar-refractivity contribution in [3.63, 3.8) is 0 Å². The number of hydrogen-bond donors (Lipinski definition) is 2. The third-order valence-corrected chi connectivity index (χ3v) is 4.25. The van der Waals surface area contributed by atoms with Crippen LogP contribution in [0.15, 0.2) is 41.4 Å². The molecule has 1 aliphatic heterocycles. The molecule has 0 saturated heterocycles. The first kappa shape index (κ1) is 18.9. The van der Waals surface area contributed by atoms with Gasteiger partial charge in [-0.3, -0.25) is 0 Å². The number of guanidine groups is 1. The highest BCUT2D eigenvalue weighted by Crippen LogP contribution is 2.32. The van der Waals surface area contributed by atoms with Gasteiger partial charge in [-0.25, -0.2) is 4.99 Å². The summed E-state index contributed by atoms with van der Waals surface area (Å²) in [6, 6.07) is 12.0. The summed E-state index contributed by atoms with van der Waals surface area (Å²) < 4.78 is 16.8. The van der Waals surface area contributed by atoms with E-state index < -0.39 is 0 Å². The third-order valence-electron chi connectivity index (χ3n) is 4.25. The summed E-state index contributed by atoms with van der Waals surface area (Å²) in [4.78, 5) is 4.68. The molecular formula is C21H27N3O3. The van der Waals surface area contributed by atoms with Crippen LogP contribution < -0.4 is 24.8 Å². The van der Waals surface area contributed by atoms with Crippen LogP contribution in [0.2, 0.25) is 0 Å². The Morgan fingerprint density at radius 3 is 2.70 bits per heavy atom. The van der Waals surface area contributed by atoms with Crippen molar-refractivity contribution in [1.29, 1.82) is 0 Å². The lowest BCUT2D eigenvalue weighted by Crippen LogP contribution is -2.30. The van der Waals surface area contributed by atoms with Gasteiger partial charge < -0.3 is 24.8 Å². The molecule has 0 atom stereocenters. The fourth-order valence-corrected chi connectivity index (χ4v) is 2.82. The second-order valence-corrected chi connectivity index (χ2v) is 6.34. The van der Waals surface area contributed by atoms with Crippen LogP contribution in [0, 0.1) is 6.92 Å². The Morgan fingerprint density at radius 1 is 1.11 bits per heavy atom. The maximum absolute atomic E-state index is 5.76. The molecule has 0 amide bonds. The standard InChI is InChI=1S/C21H27N3O3/c1-4-22-21(23-14-16-7-6-15(2)19(12-16)25-3)24-17-8-9-18-20(13-17)27-11-5-10-26-18/h6-9,12-13H,4-5,10-11,14H2,1-3H3,(H2,22,23,24). The number of methoxy groups -OCH3 is 1. The minimum Gasteiger partial charge on any atom is -0.496 e. The number of anilines is 1. The number of rotatable bonds is 5. The largest absolute Gasteiger partial charge is 0.496 e. The van der Waals surface area contributed by atoms with Crippen LogP contribution >= 0.6 is 0 Å². The monoisotopic (exact) mass is 369 g/mol. The van der Waals surface area contributed by atoms with Gasteiger partial charge in [-0.05, 0) is 43.2 Å². The minimum absolute atomic E-state index is 0.552. The highest BCUT2D eigenvalue weighted by molar-refractivity contribution is 5.93. The Bertz CT molecular complexity index is 805. The van der Waals surface area contributed by atoms with Gasteiger partial charge >= 0.3 is 0 Å². The van der Waals surface area contributed by atoms with Crippen molar-refractivity contribution in [1.82, 2.24) is 5.32 Å². The number of fused-ring (bicyclic) bond motifs is 1. The molecule has 1 heterocycles. The van der Waals surface area contributed by atoms with Gasteiger partial charge in [-0.1, -0.05) is 12.1 Å². The second-order valence-electron chi connectivity index (χ2n) is 6.34. The lowest BCUT2D eigenvalue weighted by Gasteiger charge is -2.14. The second kappa shape index (κ2) is 9.16. The number of aryl methyl sites for hydroxylation is 1. The summed E-state index contributed by atoms with van der Waals surface area (Å²) in [5.74, 6) is 3.14. The van der Waals surface area contributed by atoms with E-state index in [0.717, 1.165) is 47.0 Å². The first-order valence-corrected chi connectivity index (χ1v) is 9.28. The molecule has 0 aromatic heterocycles. The number of aliphatic imine (C=N–C) groups is 1. The SMILES string of the molecule is CCNC(=NCc1ccc(C)c(OC)c1)Nc1ccc2c(c1)OCCCO2. The third kappa shape index (κ3) is 5.06. The van der Waals surface area contributed by atoms with E-state index in [1.807, 2.05) is 44.2 Å². The predicted octanol–water partition coefficient (Wildman–Crippen LogP) is 3.74. The lowest BCUT2D eigenvalue weighted by atomic mass is 10.1. The predicted molar refractivity (Wildman–Crippen MR) is 108 cm³/mol. The quantitative estimate of drug-likeness (QED) is 0.621. The molecule has 6 heteroatoms. The number of ether oxygens (including phenoxy) is 3. The zero-order valence-corrected chi connectivity index (χ0v) is 16.2. The van der Waals surface area contributed by atoms with Gasteiger partial charge in [0.1, 0.15) is 5.75 Å². The topological polar surface area (TPSA) is 64.1 Å². The highest BCUT2D eigenvalue weighted by atomic mass is 16.5. The van der Waals surface area contributed by atoms with Crippen LogP contribution in [0.25, 0.3) is 0 Å². The molecule has 3 rings (SSSR count). The molecule has 2 N–H and O–H groups in total. The Hall–Kier alpha value is -2.89. The van der Waals surface area contributed by atoms with E-state index in [0.29, 0.717) is 25.7 Å². The Balaban J connectivity index is 1.73. The minimum atomic E-state index is 0.552. The molecule has 144 valence electrons. The smallest absolute Gasteiger partial charge is 0.196 e. The Morgan fingerprint density at radius 2 is 1.93 bits per heavy atom. The van der Waals surface area contributed by atoms with Crippen LogP contribution in [0.4, 0.5) is 5.69 Å². The van der Waals surface area contributed by atoms with Crippen molar-refractivity contribution in [3.8, 4) is 17.2 Å². The summed E-state index contributed by atoms with van der Waals surface area (Å²) in [6.07, 6.45) is 0.890. The van der Waals surface area contributed by atoms with Gasteiger partial charge in [0.15, 0.2) is 17.5 Å². The lowest BCUT2D eigenvalue weighted by molar-refractivity contribution is 0.297. The van der Waals surface area contributed by atoms with E-state index in [2.05, 4.69) is 21.7 Å². The van der Waals surface area contributed by atoms with Gasteiger partial charge in [0.25, 0.3) is 0 Å². The van der Waals surface area contributed by atoms with Crippen LogP contribution in [0.3, 0.4) is 0 Å². The van der Waals surface area contributed by atoms with Crippen molar-refractivity contribution in [2.45, 2.75) is 26.8 Å². The summed E-state index contributed by atoms with van der Waals surface area (Å²) in [5, 5.41) is 6.60. The fourth-order valence-electron chi connectivity index (χ4n) is 2.82. The molecule has 0 unspecified atom stereocenters. The fraction of sp³-hybridized carbons (Fsp3) is 0.381. The van der Waals surface area contributed by atoms with Crippen molar-refractivity contribution < 1.29 is 14.2 Å². The van der Waals surface area contributed by atoms with Crippen molar-refractivity contribution in [3.05, 3.63) is 47.5 Å².